The van der Waals surface area contributed by atoms with Crippen LogP contribution in [0.2, 0.25) is 0 Å². The number of halogens is 2. The maximum absolute atomic E-state index is 15.8. The lowest BCUT2D eigenvalue weighted by Crippen LogP contribution is -2.37. The van der Waals surface area contributed by atoms with Crippen molar-refractivity contribution in [3.05, 3.63) is 81.7 Å². The van der Waals surface area contributed by atoms with E-state index < -0.39 is 86.3 Å². The SMILES string of the molecule is N#CCCOP(=S)(OCC1OC(n2cnc3c(NC(=O)c4ccccc4)ncnc32)C(F)C1O)OC1C(CO)OC(n2ccc(=O)[nH]c2=O)C1F. The Labute approximate surface area is 290 Å². The third-order valence-electron chi connectivity index (χ3n) is 7.88. The Bertz CT molecular complexity index is 2080. The number of H-pyrrole nitrogens is 1. The van der Waals surface area contributed by atoms with Gasteiger partial charge in [-0.1, -0.05) is 18.2 Å². The van der Waals surface area contributed by atoms with Crippen molar-refractivity contribution in [2.24, 2.45) is 0 Å². The smallest absolute Gasteiger partial charge is 0.330 e. The molecule has 4 N–H and O–H groups in total. The number of aromatic nitrogens is 6. The molecule has 270 valence electrons. The van der Waals surface area contributed by atoms with Gasteiger partial charge < -0.3 is 34.1 Å². The summed E-state index contributed by atoms with van der Waals surface area (Å²) in [6, 6.07) is 11.2. The summed E-state index contributed by atoms with van der Waals surface area (Å²) in [5, 5.41) is 32.4. The topological polar surface area (TPSA) is 238 Å². The molecular weight excluding hydrogens is 721 g/mol. The third-order valence-corrected chi connectivity index (χ3v) is 10.2. The molecule has 9 atom stereocenters. The van der Waals surface area contributed by atoms with Gasteiger partial charge in [-0.25, -0.2) is 28.5 Å². The predicted octanol–water partition coefficient (Wildman–Crippen LogP) is 1.01. The van der Waals surface area contributed by atoms with E-state index in [-0.39, 0.29) is 30.0 Å². The Balaban J connectivity index is 1.17. The van der Waals surface area contributed by atoms with Crippen molar-refractivity contribution in [3.63, 3.8) is 0 Å². The van der Waals surface area contributed by atoms with Crippen molar-refractivity contribution in [1.29, 1.82) is 5.26 Å². The first-order valence-electron chi connectivity index (χ1n) is 15.2. The number of hydrogen-bond acceptors (Lipinski definition) is 15. The zero-order valence-corrected chi connectivity index (χ0v) is 27.8. The van der Waals surface area contributed by atoms with E-state index in [0.717, 1.165) is 23.2 Å². The molecule has 2 aliphatic heterocycles. The molecule has 9 unspecified atom stereocenters. The van der Waals surface area contributed by atoms with E-state index in [1.54, 1.807) is 30.3 Å². The zero-order valence-electron chi connectivity index (χ0n) is 26.1. The number of alkyl halides is 2. The number of aromatic amines is 1. The van der Waals surface area contributed by atoms with Crippen LogP contribution in [0.5, 0.6) is 0 Å². The lowest BCUT2D eigenvalue weighted by Gasteiger charge is -2.28. The van der Waals surface area contributed by atoms with Gasteiger partial charge >= 0.3 is 12.4 Å². The average molecular weight is 751 g/mol. The quantitative estimate of drug-likeness (QED) is 0.110. The van der Waals surface area contributed by atoms with Gasteiger partial charge in [-0.15, -0.1) is 0 Å². The number of nitriles is 1. The van der Waals surface area contributed by atoms with Crippen LogP contribution in [0.4, 0.5) is 14.6 Å². The molecule has 1 aromatic carbocycles. The van der Waals surface area contributed by atoms with Gasteiger partial charge in [0.15, 0.2) is 41.8 Å². The number of rotatable bonds is 13. The number of amides is 1. The molecule has 3 aromatic heterocycles. The molecule has 0 radical (unpaired) electrons. The van der Waals surface area contributed by atoms with Gasteiger partial charge in [0.05, 0.1) is 38.6 Å². The number of hydrogen-bond donors (Lipinski definition) is 4. The fraction of sp³-hybridized carbons (Fsp3) is 0.414. The van der Waals surface area contributed by atoms with E-state index in [1.165, 1.54) is 10.9 Å². The number of anilines is 1. The molecule has 18 nitrogen and oxygen atoms in total. The number of aliphatic hydroxyl groups excluding tert-OH is 2. The summed E-state index contributed by atoms with van der Waals surface area (Å²) < 4.78 is 61.7. The van der Waals surface area contributed by atoms with Gasteiger partial charge in [0.1, 0.15) is 30.7 Å². The summed E-state index contributed by atoms with van der Waals surface area (Å²) in [6.45, 7) is -5.83. The normalized spacial score (nSPS) is 27.3. The van der Waals surface area contributed by atoms with Crippen LogP contribution < -0.4 is 16.6 Å². The maximum atomic E-state index is 15.8. The molecule has 2 fully saturated rings. The highest BCUT2D eigenvalue weighted by Crippen LogP contribution is 2.54. The van der Waals surface area contributed by atoms with E-state index in [1.807, 2.05) is 11.1 Å². The van der Waals surface area contributed by atoms with E-state index in [9.17, 15) is 24.6 Å². The molecule has 5 heterocycles. The van der Waals surface area contributed by atoms with Gasteiger partial charge in [-0.2, -0.15) is 5.26 Å². The number of benzene rings is 1. The molecule has 2 aliphatic rings. The van der Waals surface area contributed by atoms with Gasteiger partial charge in [0.2, 0.25) is 0 Å². The largest absolute Gasteiger partial charge is 0.394 e. The Kier molecular flexibility index (Phi) is 11.1. The van der Waals surface area contributed by atoms with Crippen LogP contribution in [-0.4, -0.2) is 102 Å². The minimum Gasteiger partial charge on any atom is -0.394 e. The Hall–Kier alpha value is -4.36. The van der Waals surface area contributed by atoms with E-state index in [2.05, 4.69) is 20.3 Å². The van der Waals surface area contributed by atoms with E-state index in [4.69, 9.17) is 40.1 Å². The van der Waals surface area contributed by atoms with Crippen LogP contribution in [0.1, 0.15) is 29.2 Å². The standard InChI is InChI=1S/C29H29F2N8O10PS/c30-19-22(42)17(48-27(19)39-14-35-21-24(33-13-34-25(21)39)37-26(43)15-5-2-1-3-6-15)12-46-50(51,45-10-4-8-32)49-23-16(11-40)47-28(20(23)31)38-9-7-18(41)36-29(38)44/h1-3,5-7,9,13-14,16-17,19-20,22-23,27-28,40,42H,4,10-12H2,(H,36,41,44)(H,33,34,37,43). The zero-order chi connectivity index (χ0) is 36.3. The molecule has 6 rings (SSSR count). The molecule has 4 aromatic rings. The van der Waals surface area contributed by atoms with Crippen molar-refractivity contribution in [2.45, 2.75) is 55.6 Å². The van der Waals surface area contributed by atoms with Crippen molar-refractivity contribution >= 4 is 41.4 Å². The number of nitrogens with zero attached hydrogens (tertiary/aromatic N) is 6. The maximum Gasteiger partial charge on any atom is 0.330 e. The van der Waals surface area contributed by atoms with Crippen molar-refractivity contribution < 1.29 is 46.8 Å². The summed E-state index contributed by atoms with van der Waals surface area (Å²) >= 11 is 5.48. The first-order chi connectivity index (χ1) is 24.5. The molecule has 0 aliphatic carbocycles. The second kappa shape index (κ2) is 15.5. The van der Waals surface area contributed by atoms with Crippen molar-refractivity contribution in [2.75, 3.05) is 25.1 Å². The second-order valence-electron chi connectivity index (χ2n) is 11.1. The number of ether oxygens (including phenoxy) is 2. The highest BCUT2D eigenvalue weighted by atomic mass is 32.5. The Morgan fingerprint density at radius 3 is 2.55 bits per heavy atom. The minimum atomic E-state index is -4.07. The highest BCUT2D eigenvalue weighted by molar-refractivity contribution is 8.07. The molecule has 51 heavy (non-hydrogen) atoms. The van der Waals surface area contributed by atoms with Crippen molar-refractivity contribution in [1.82, 2.24) is 29.1 Å². The number of fused-ring (bicyclic) bond motifs is 1. The number of carbonyl (C=O) groups is 1. The average Bonchev–Trinajstić information content (AvgIpc) is 3.78. The summed E-state index contributed by atoms with van der Waals surface area (Å²) in [7, 11) is 0. The highest BCUT2D eigenvalue weighted by Gasteiger charge is 2.51. The van der Waals surface area contributed by atoms with Crippen molar-refractivity contribution in [3.8, 4) is 6.07 Å². The van der Waals surface area contributed by atoms with Crippen LogP contribution in [0, 0.1) is 11.3 Å². The summed E-state index contributed by atoms with van der Waals surface area (Å²) in [5.41, 5.74) is -1.17. The number of carbonyl (C=O) groups excluding carboxylic acids is 1. The van der Waals surface area contributed by atoms with Crippen LogP contribution in [0.3, 0.4) is 0 Å². The molecule has 2 saturated heterocycles. The number of imidazole rings is 1. The number of nitrogens with one attached hydrogen (secondary N) is 2. The first kappa shape index (κ1) is 36.4. The number of aliphatic hydroxyl groups is 2. The lowest BCUT2D eigenvalue weighted by molar-refractivity contribution is -0.0550. The Morgan fingerprint density at radius 2 is 1.82 bits per heavy atom. The molecule has 1 amide bonds. The molecule has 0 spiro atoms. The van der Waals surface area contributed by atoms with E-state index >= 15 is 8.78 Å². The van der Waals surface area contributed by atoms with Gasteiger partial charge in [0.25, 0.3) is 11.5 Å². The monoisotopic (exact) mass is 750 g/mol. The summed E-state index contributed by atoms with van der Waals surface area (Å²) in [5.74, 6) is -0.424. The van der Waals surface area contributed by atoms with Crippen LogP contribution in [0.25, 0.3) is 11.2 Å². The van der Waals surface area contributed by atoms with Gasteiger partial charge in [-0.3, -0.25) is 28.2 Å². The summed E-state index contributed by atoms with van der Waals surface area (Å²) in [4.78, 5) is 50.9. The fourth-order valence-electron chi connectivity index (χ4n) is 5.40. The van der Waals surface area contributed by atoms with Gasteiger partial charge in [0, 0.05) is 17.8 Å². The van der Waals surface area contributed by atoms with Crippen LogP contribution >= 0.6 is 6.72 Å². The van der Waals surface area contributed by atoms with Gasteiger partial charge in [-0.05, 0) is 23.9 Å². The molecule has 0 bridgehead atoms. The molecule has 22 heteroatoms. The van der Waals surface area contributed by atoms with Crippen LogP contribution in [0.15, 0.2) is 64.8 Å². The summed E-state index contributed by atoms with van der Waals surface area (Å²) in [6.07, 6.45) is -10.4. The minimum absolute atomic E-state index is 0.0460. The fourth-order valence-corrected chi connectivity index (χ4v) is 7.49. The second-order valence-corrected chi connectivity index (χ2v) is 14.1. The Morgan fingerprint density at radius 1 is 1.08 bits per heavy atom. The lowest BCUT2D eigenvalue weighted by atomic mass is 10.1. The van der Waals surface area contributed by atoms with E-state index in [0.29, 0.717) is 5.56 Å². The first-order valence-corrected chi connectivity index (χ1v) is 17.8. The molecular formula is C29H29F2N8O10PS. The van der Waals surface area contributed by atoms with Crippen LogP contribution in [-0.2, 0) is 34.9 Å². The third kappa shape index (κ3) is 7.64. The predicted molar refractivity (Wildman–Crippen MR) is 173 cm³/mol. The molecule has 0 saturated carbocycles.